The number of rotatable bonds is 5. The third-order valence-electron chi connectivity index (χ3n) is 3.42. The maximum absolute atomic E-state index is 12.2. The topological polar surface area (TPSA) is 66.5 Å². The SMILES string of the molecule is CCOc1ccccc1C(=O)N/N=C/c1c[nH]c2ccccc12. The van der Waals surface area contributed by atoms with Gasteiger partial charge in [0.15, 0.2) is 0 Å². The molecule has 0 aliphatic rings. The molecular weight excluding hydrogens is 290 g/mol. The molecule has 0 aliphatic carbocycles. The summed E-state index contributed by atoms with van der Waals surface area (Å²) in [5.74, 6) is 0.250. The molecule has 2 aromatic carbocycles. The minimum Gasteiger partial charge on any atom is -0.493 e. The van der Waals surface area contributed by atoms with E-state index in [1.54, 1.807) is 24.4 Å². The highest BCUT2D eigenvalue weighted by molar-refractivity contribution is 6.00. The van der Waals surface area contributed by atoms with Gasteiger partial charge in [-0.05, 0) is 25.1 Å². The van der Waals surface area contributed by atoms with E-state index in [9.17, 15) is 4.79 Å². The summed E-state index contributed by atoms with van der Waals surface area (Å²) in [4.78, 5) is 15.4. The molecule has 1 amide bonds. The van der Waals surface area contributed by atoms with Gasteiger partial charge >= 0.3 is 0 Å². The number of hydrogen-bond acceptors (Lipinski definition) is 3. The molecule has 0 radical (unpaired) electrons. The summed E-state index contributed by atoms with van der Waals surface area (Å²) in [7, 11) is 0. The van der Waals surface area contributed by atoms with Gasteiger partial charge in [0.05, 0.1) is 18.4 Å². The summed E-state index contributed by atoms with van der Waals surface area (Å²) in [5, 5.41) is 5.10. The number of aromatic amines is 1. The van der Waals surface area contributed by atoms with E-state index in [4.69, 9.17) is 4.74 Å². The van der Waals surface area contributed by atoms with E-state index in [2.05, 4.69) is 15.5 Å². The van der Waals surface area contributed by atoms with Gasteiger partial charge in [0.2, 0.25) is 0 Å². The molecule has 0 atom stereocenters. The number of H-pyrrole nitrogens is 1. The van der Waals surface area contributed by atoms with Crippen LogP contribution in [0.2, 0.25) is 0 Å². The van der Waals surface area contributed by atoms with Gasteiger partial charge in [0, 0.05) is 22.7 Å². The second-order valence-electron chi connectivity index (χ2n) is 4.92. The Morgan fingerprint density at radius 1 is 1.22 bits per heavy atom. The number of aromatic nitrogens is 1. The Morgan fingerprint density at radius 3 is 2.87 bits per heavy atom. The number of carbonyl (C=O) groups excluding carboxylic acids is 1. The number of ether oxygens (including phenoxy) is 1. The molecule has 0 aliphatic heterocycles. The largest absolute Gasteiger partial charge is 0.493 e. The standard InChI is InChI=1S/C18H17N3O2/c1-2-23-17-10-6-4-8-15(17)18(22)21-20-12-13-11-19-16-9-5-3-7-14(13)16/h3-12,19H,2H2,1H3,(H,21,22)/b20-12+. The van der Waals surface area contributed by atoms with Gasteiger partial charge in [0.25, 0.3) is 5.91 Å². The van der Waals surface area contributed by atoms with Crippen molar-refractivity contribution in [2.24, 2.45) is 5.10 Å². The molecule has 3 rings (SSSR count). The van der Waals surface area contributed by atoms with Crippen LogP contribution in [0.1, 0.15) is 22.8 Å². The fourth-order valence-corrected chi connectivity index (χ4v) is 2.36. The summed E-state index contributed by atoms with van der Waals surface area (Å²) in [6.45, 7) is 2.38. The summed E-state index contributed by atoms with van der Waals surface area (Å²) in [5.41, 5.74) is 4.95. The first-order chi connectivity index (χ1) is 11.3. The van der Waals surface area contributed by atoms with Gasteiger partial charge in [-0.2, -0.15) is 5.10 Å². The quantitative estimate of drug-likeness (QED) is 0.561. The molecule has 5 nitrogen and oxygen atoms in total. The van der Waals surface area contributed by atoms with Crippen molar-refractivity contribution in [3.8, 4) is 5.75 Å². The number of para-hydroxylation sites is 2. The lowest BCUT2D eigenvalue weighted by Gasteiger charge is -2.07. The number of hydrazone groups is 1. The number of fused-ring (bicyclic) bond motifs is 1. The van der Waals surface area contributed by atoms with Crippen LogP contribution in [0.3, 0.4) is 0 Å². The Labute approximate surface area is 134 Å². The van der Waals surface area contributed by atoms with Crippen molar-refractivity contribution in [1.82, 2.24) is 10.4 Å². The number of nitrogens with one attached hydrogen (secondary N) is 2. The Bertz CT molecular complexity index is 852. The number of hydrogen-bond donors (Lipinski definition) is 2. The monoisotopic (exact) mass is 307 g/mol. The number of carbonyl (C=O) groups is 1. The number of amides is 1. The van der Waals surface area contributed by atoms with E-state index < -0.39 is 0 Å². The molecule has 1 heterocycles. The highest BCUT2D eigenvalue weighted by Gasteiger charge is 2.10. The predicted molar refractivity (Wildman–Crippen MR) is 91.0 cm³/mol. The second kappa shape index (κ2) is 6.79. The van der Waals surface area contributed by atoms with Crippen molar-refractivity contribution in [1.29, 1.82) is 0 Å². The zero-order chi connectivity index (χ0) is 16.1. The summed E-state index contributed by atoms with van der Waals surface area (Å²) in [6.07, 6.45) is 3.48. The fourth-order valence-electron chi connectivity index (χ4n) is 2.36. The maximum atomic E-state index is 12.2. The first-order valence-electron chi connectivity index (χ1n) is 7.41. The van der Waals surface area contributed by atoms with Gasteiger partial charge in [-0.1, -0.05) is 30.3 Å². The van der Waals surface area contributed by atoms with Crippen LogP contribution in [0.4, 0.5) is 0 Å². The van der Waals surface area contributed by atoms with Crippen molar-refractivity contribution in [3.63, 3.8) is 0 Å². The van der Waals surface area contributed by atoms with Crippen LogP contribution in [0.5, 0.6) is 5.75 Å². The Balaban J connectivity index is 1.74. The van der Waals surface area contributed by atoms with E-state index in [1.165, 1.54) is 0 Å². The molecule has 1 aromatic heterocycles. The van der Waals surface area contributed by atoms with E-state index in [1.807, 2.05) is 43.5 Å². The molecule has 0 fully saturated rings. The van der Waals surface area contributed by atoms with Crippen molar-refractivity contribution in [3.05, 3.63) is 65.9 Å². The molecule has 0 unspecified atom stereocenters. The van der Waals surface area contributed by atoms with Crippen molar-refractivity contribution >= 4 is 23.0 Å². The van der Waals surface area contributed by atoms with Gasteiger partial charge in [-0.25, -0.2) is 5.43 Å². The van der Waals surface area contributed by atoms with Gasteiger partial charge in [-0.15, -0.1) is 0 Å². The first kappa shape index (κ1) is 14.8. The third-order valence-corrected chi connectivity index (χ3v) is 3.42. The van der Waals surface area contributed by atoms with Crippen LogP contribution in [0.15, 0.2) is 59.8 Å². The average molecular weight is 307 g/mol. The maximum Gasteiger partial charge on any atom is 0.275 e. The summed E-state index contributed by atoms with van der Waals surface area (Å²) < 4.78 is 5.45. The van der Waals surface area contributed by atoms with Crippen LogP contribution in [0, 0.1) is 0 Å². The van der Waals surface area contributed by atoms with Crippen molar-refractivity contribution < 1.29 is 9.53 Å². The smallest absolute Gasteiger partial charge is 0.275 e. The Hall–Kier alpha value is -3.08. The predicted octanol–water partition coefficient (Wildman–Crippen LogP) is 3.33. The van der Waals surface area contributed by atoms with Crippen molar-refractivity contribution in [2.45, 2.75) is 6.92 Å². The zero-order valence-corrected chi connectivity index (χ0v) is 12.7. The lowest BCUT2D eigenvalue weighted by Crippen LogP contribution is -2.18. The van der Waals surface area contributed by atoms with Crippen LogP contribution in [-0.4, -0.2) is 23.7 Å². The van der Waals surface area contributed by atoms with E-state index in [0.717, 1.165) is 16.5 Å². The molecule has 2 N–H and O–H groups in total. The minimum atomic E-state index is -0.301. The summed E-state index contributed by atoms with van der Waals surface area (Å²) >= 11 is 0. The minimum absolute atomic E-state index is 0.301. The molecule has 5 heteroatoms. The molecule has 3 aromatic rings. The van der Waals surface area contributed by atoms with Crippen LogP contribution < -0.4 is 10.2 Å². The molecule has 0 spiro atoms. The zero-order valence-electron chi connectivity index (χ0n) is 12.7. The number of benzene rings is 2. The summed E-state index contributed by atoms with van der Waals surface area (Å²) in [6, 6.07) is 15.0. The van der Waals surface area contributed by atoms with E-state index in [0.29, 0.717) is 17.9 Å². The van der Waals surface area contributed by atoms with Crippen LogP contribution >= 0.6 is 0 Å². The molecule has 0 saturated carbocycles. The normalized spacial score (nSPS) is 11.0. The highest BCUT2D eigenvalue weighted by atomic mass is 16.5. The fraction of sp³-hybridized carbons (Fsp3) is 0.111. The Morgan fingerprint density at radius 2 is 2.00 bits per heavy atom. The van der Waals surface area contributed by atoms with Gasteiger partial charge < -0.3 is 9.72 Å². The lowest BCUT2D eigenvalue weighted by atomic mass is 10.2. The molecule has 0 saturated heterocycles. The first-order valence-corrected chi connectivity index (χ1v) is 7.41. The van der Waals surface area contributed by atoms with E-state index in [-0.39, 0.29) is 5.91 Å². The molecule has 23 heavy (non-hydrogen) atoms. The average Bonchev–Trinajstić information content (AvgIpc) is 2.99. The lowest BCUT2D eigenvalue weighted by molar-refractivity contribution is 0.0951. The molecule has 0 bridgehead atoms. The highest BCUT2D eigenvalue weighted by Crippen LogP contribution is 2.18. The molecular formula is C18H17N3O2. The number of nitrogens with zero attached hydrogens (tertiary/aromatic N) is 1. The Kier molecular flexibility index (Phi) is 4.38. The van der Waals surface area contributed by atoms with Gasteiger partial charge in [0.1, 0.15) is 5.75 Å². The van der Waals surface area contributed by atoms with Crippen LogP contribution in [0.25, 0.3) is 10.9 Å². The van der Waals surface area contributed by atoms with Gasteiger partial charge in [-0.3, -0.25) is 4.79 Å². The van der Waals surface area contributed by atoms with Crippen LogP contribution in [-0.2, 0) is 0 Å². The third kappa shape index (κ3) is 3.23. The second-order valence-corrected chi connectivity index (χ2v) is 4.92. The molecule has 116 valence electrons. The van der Waals surface area contributed by atoms with Crippen molar-refractivity contribution in [2.75, 3.05) is 6.61 Å². The van der Waals surface area contributed by atoms with E-state index >= 15 is 0 Å².